The Balaban J connectivity index is 2.33. The first kappa shape index (κ1) is 15.9. The topological polar surface area (TPSA) is 55.2 Å². The number of benzene rings is 1. The van der Waals surface area contributed by atoms with E-state index < -0.39 is 17.1 Å². The van der Waals surface area contributed by atoms with Gasteiger partial charge in [0, 0.05) is 0 Å². The summed E-state index contributed by atoms with van der Waals surface area (Å²) in [6.45, 7) is 8.60. The molecule has 0 atom stereocenters. The number of hydrogen-bond acceptors (Lipinski definition) is 4. The SMILES string of the molecule is Cc1nc2cccc(BOC(C)(C)C(C)(C)O)c2nc1F. The van der Waals surface area contributed by atoms with Crippen LogP contribution in [0.4, 0.5) is 4.39 Å². The smallest absolute Gasteiger partial charge is 0.311 e. The molecule has 0 saturated heterocycles. The van der Waals surface area contributed by atoms with Gasteiger partial charge in [-0.15, -0.1) is 0 Å². The lowest BCUT2D eigenvalue weighted by Gasteiger charge is -2.37. The molecule has 0 aliphatic rings. The van der Waals surface area contributed by atoms with Crippen LogP contribution in [-0.2, 0) is 4.65 Å². The van der Waals surface area contributed by atoms with Gasteiger partial charge in [0.25, 0.3) is 0 Å². The number of rotatable bonds is 4. The number of para-hydroxylation sites is 1. The molecule has 0 aliphatic heterocycles. The Bertz CT molecular complexity index is 669. The van der Waals surface area contributed by atoms with Crippen molar-refractivity contribution in [2.45, 2.75) is 45.8 Å². The molecule has 0 aliphatic carbocycles. The molecule has 0 amide bonds. The highest BCUT2D eigenvalue weighted by molar-refractivity contribution is 6.51. The average Bonchev–Trinajstić information content (AvgIpc) is 2.36. The molecule has 4 nitrogen and oxygen atoms in total. The third kappa shape index (κ3) is 3.22. The molecule has 2 aromatic rings. The minimum atomic E-state index is -0.995. The van der Waals surface area contributed by atoms with Crippen LogP contribution in [0, 0.1) is 12.9 Å². The summed E-state index contributed by atoms with van der Waals surface area (Å²) in [5.74, 6) is -0.573. The van der Waals surface area contributed by atoms with Crippen LogP contribution in [0.2, 0.25) is 0 Å². The van der Waals surface area contributed by atoms with Crippen molar-refractivity contribution in [1.82, 2.24) is 9.97 Å². The molecule has 0 unspecified atom stereocenters. The summed E-state index contributed by atoms with van der Waals surface area (Å²) in [4.78, 5) is 8.15. The van der Waals surface area contributed by atoms with Crippen molar-refractivity contribution in [1.29, 1.82) is 0 Å². The van der Waals surface area contributed by atoms with Crippen LogP contribution in [-0.4, -0.2) is 33.8 Å². The predicted octanol–water partition coefficient (Wildman–Crippen LogP) is 1.62. The highest BCUT2D eigenvalue weighted by atomic mass is 19.1. The predicted molar refractivity (Wildman–Crippen MR) is 82.5 cm³/mol. The summed E-state index contributed by atoms with van der Waals surface area (Å²) in [6.07, 6.45) is 0. The fourth-order valence-corrected chi connectivity index (χ4v) is 1.75. The van der Waals surface area contributed by atoms with Crippen molar-refractivity contribution >= 4 is 24.0 Å². The summed E-state index contributed by atoms with van der Waals surface area (Å²) in [6, 6.07) is 5.45. The monoisotopic (exact) mass is 290 g/mol. The first-order chi connectivity index (χ1) is 9.62. The summed E-state index contributed by atoms with van der Waals surface area (Å²) < 4.78 is 19.5. The summed E-state index contributed by atoms with van der Waals surface area (Å²) >= 11 is 0. The largest absolute Gasteiger partial charge is 0.427 e. The third-order valence-corrected chi connectivity index (χ3v) is 3.96. The maximum atomic E-state index is 13.6. The Morgan fingerprint density at radius 2 is 1.86 bits per heavy atom. The molecule has 1 aromatic carbocycles. The van der Waals surface area contributed by atoms with Crippen molar-refractivity contribution in [3.05, 3.63) is 29.8 Å². The van der Waals surface area contributed by atoms with E-state index in [1.54, 1.807) is 26.8 Å². The molecule has 112 valence electrons. The molecule has 1 heterocycles. The number of aliphatic hydroxyl groups is 1. The fourth-order valence-electron chi connectivity index (χ4n) is 1.75. The summed E-state index contributed by atoms with van der Waals surface area (Å²) in [5.41, 5.74) is 0.411. The van der Waals surface area contributed by atoms with Gasteiger partial charge in [-0.05, 0) is 46.1 Å². The lowest BCUT2D eigenvalue weighted by molar-refractivity contribution is -0.0893. The molecular formula is C15H20BFN2O2. The van der Waals surface area contributed by atoms with E-state index in [1.807, 2.05) is 26.0 Å². The van der Waals surface area contributed by atoms with Gasteiger partial charge in [-0.3, -0.25) is 0 Å². The van der Waals surface area contributed by atoms with Crippen LogP contribution in [0.5, 0.6) is 0 Å². The van der Waals surface area contributed by atoms with Crippen LogP contribution < -0.4 is 5.46 Å². The molecule has 0 fully saturated rings. The molecule has 2 rings (SSSR count). The zero-order chi connectivity index (χ0) is 15.8. The van der Waals surface area contributed by atoms with Gasteiger partial charge in [0.1, 0.15) is 0 Å². The molecule has 0 radical (unpaired) electrons. The Kier molecular flexibility index (Phi) is 4.04. The van der Waals surface area contributed by atoms with E-state index >= 15 is 0 Å². The first-order valence-corrected chi connectivity index (χ1v) is 6.90. The van der Waals surface area contributed by atoms with Crippen LogP contribution in [0.3, 0.4) is 0 Å². The van der Waals surface area contributed by atoms with E-state index in [9.17, 15) is 9.50 Å². The highest BCUT2D eigenvalue weighted by Crippen LogP contribution is 2.24. The second-order valence-corrected chi connectivity index (χ2v) is 6.24. The zero-order valence-corrected chi connectivity index (χ0v) is 13.1. The molecule has 6 heteroatoms. The van der Waals surface area contributed by atoms with E-state index in [0.29, 0.717) is 11.0 Å². The lowest BCUT2D eigenvalue weighted by Crippen LogP contribution is -2.49. The van der Waals surface area contributed by atoms with Crippen molar-refractivity contribution < 1.29 is 14.2 Å². The van der Waals surface area contributed by atoms with Crippen LogP contribution >= 0.6 is 0 Å². The van der Waals surface area contributed by atoms with Gasteiger partial charge in [-0.2, -0.15) is 4.39 Å². The standard InChI is InChI=1S/C15H20BFN2O2/c1-9-13(17)19-12-10(7-6-8-11(12)18-9)16-21-15(4,5)14(2,3)20/h6-8,16,20H,1-5H3. The van der Waals surface area contributed by atoms with Gasteiger partial charge in [0.15, 0.2) is 0 Å². The first-order valence-electron chi connectivity index (χ1n) is 6.90. The maximum Gasteiger partial charge on any atom is 0.311 e. The Labute approximate surface area is 124 Å². The van der Waals surface area contributed by atoms with Crippen molar-refractivity contribution in [2.75, 3.05) is 0 Å². The average molecular weight is 290 g/mol. The number of aryl methyl sites for hydroxylation is 1. The van der Waals surface area contributed by atoms with Crippen LogP contribution in [0.15, 0.2) is 18.2 Å². The van der Waals surface area contributed by atoms with E-state index in [-0.39, 0.29) is 13.2 Å². The molecule has 1 N–H and O–H groups in total. The number of aromatic nitrogens is 2. The van der Waals surface area contributed by atoms with Crippen molar-refractivity contribution in [3.63, 3.8) is 0 Å². The second kappa shape index (κ2) is 5.35. The fraction of sp³-hybridized carbons (Fsp3) is 0.467. The highest BCUT2D eigenvalue weighted by Gasteiger charge is 2.35. The van der Waals surface area contributed by atoms with Gasteiger partial charge in [0.2, 0.25) is 5.95 Å². The van der Waals surface area contributed by atoms with Gasteiger partial charge < -0.3 is 9.76 Å². The van der Waals surface area contributed by atoms with Crippen LogP contribution in [0.1, 0.15) is 33.4 Å². The normalized spacial score (nSPS) is 12.7. The zero-order valence-electron chi connectivity index (χ0n) is 13.1. The van der Waals surface area contributed by atoms with Crippen molar-refractivity contribution in [2.24, 2.45) is 0 Å². The van der Waals surface area contributed by atoms with Gasteiger partial charge in [0.05, 0.1) is 27.9 Å². The minimum absolute atomic E-state index is 0.228. The molecule has 1 aromatic heterocycles. The van der Waals surface area contributed by atoms with Crippen molar-refractivity contribution in [3.8, 4) is 0 Å². The van der Waals surface area contributed by atoms with Gasteiger partial charge >= 0.3 is 7.48 Å². The Morgan fingerprint density at radius 1 is 1.19 bits per heavy atom. The minimum Gasteiger partial charge on any atom is -0.427 e. The second-order valence-electron chi connectivity index (χ2n) is 6.24. The molecule has 0 spiro atoms. The third-order valence-electron chi connectivity index (χ3n) is 3.96. The number of fused-ring (bicyclic) bond motifs is 1. The van der Waals surface area contributed by atoms with E-state index in [1.165, 1.54) is 0 Å². The van der Waals surface area contributed by atoms with E-state index in [4.69, 9.17) is 4.65 Å². The molecule has 0 saturated carbocycles. The molecule has 0 bridgehead atoms. The lowest BCUT2D eigenvalue weighted by atomic mass is 9.82. The van der Waals surface area contributed by atoms with Crippen LogP contribution in [0.25, 0.3) is 11.0 Å². The van der Waals surface area contributed by atoms with Gasteiger partial charge in [-0.25, -0.2) is 9.97 Å². The Hall–Kier alpha value is -1.53. The number of hydrogen-bond donors (Lipinski definition) is 1. The molecular weight excluding hydrogens is 270 g/mol. The summed E-state index contributed by atoms with van der Waals surface area (Å²) in [7, 11) is 0.228. The molecule has 21 heavy (non-hydrogen) atoms. The summed E-state index contributed by atoms with van der Waals surface area (Å²) in [5, 5.41) is 10.1. The number of nitrogens with zero attached hydrogens (tertiary/aromatic N) is 2. The van der Waals surface area contributed by atoms with E-state index in [0.717, 1.165) is 5.46 Å². The maximum absolute atomic E-state index is 13.6. The Morgan fingerprint density at radius 3 is 2.48 bits per heavy atom. The van der Waals surface area contributed by atoms with Gasteiger partial charge in [-0.1, -0.05) is 12.1 Å². The van der Waals surface area contributed by atoms with E-state index in [2.05, 4.69) is 9.97 Å². The number of halogens is 1. The quantitative estimate of drug-likeness (QED) is 0.869.